The molecule has 0 saturated heterocycles. The van der Waals surface area contributed by atoms with Crippen molar-refractivity contribution < 1.29 is 8.42 Å². The van der Waals surface area contributed by atoms with Gasteiger partial charge in [-0.15, -0.1) is 11.6 Å². The van der Waals surface area contributed by atoms with Crippen LogP contribution in [0.15, 0.2) is 58.7 Å². The third kappa shape index (κ3) is 5.02. The van der Waals surface area contributed by atoms with Gasteiger partial charge < -0.3 is 11.1 Å². The first kappa shape index (κ1) is 20.6. The standard InChI is InChI=1S/C20H25ClN4O2S/c1-14-2-5-18(12-19(14)21)28(26,27)17-6-3-15(4-7-17)13-24-20(22)25-16-8-10-23-11-9-16/h3-4,6-11,14,18-19H,2,5,12-13H2,1H3,(H3,22,23,24,25). The van der Waals surface area contributed by atoms with Crippen molar-refractivity contribution in [3.8, 4) is 0 Å². The topological polar surface area (TPSA) is 97.4 Å². The number of nitrogens with one attached hydrogen (secondary N) is 1. The molecule has 1 saturated carbocycles. The molecule has 150 valence electrons. The highest BCUT2D eigenvalue weighted by atomic mass is 35.5. The van der Waals surface area contributed by atoms with Gasteiger partial charge in [-0.25, -0.2) is 13.4 Å². The number of aromatic nitrogens is 1. The molecular weight excluding hydrogens is 396 g/mol. The van der Waals surface area contributed by atoms with Gasteiger partial charge in [0.05, 0.1) is 16.7 Å². The molecular formula is C20H25ClN4O2S. The lowest BCUT2D eigenvalue weighted by Gasteiger charge is -2.30. The van der Waals surface area contributed by atoms with Gasteiger partial charge in [-0.3, -0.25) is 4.98 Å². The molecule has 28 heavy (non-hydrogen) atoms. The molecule has 0 amide bonds. The number of sulfone groups is 1. The number of anilines is 1. The highest BCUT2D eigenvalue weighted by molar-refractivity contribution is 7.92. The fourth-order valence-electron chi connectivity index (χ4n) is 3.29. The quantitative estimate of drug-likeness (QED) is 0.437. The Morgan fingerprint density at radius 2 is 1.89 bits per heavy atom. The second kappa shape index (κ2) is 8.92. The molecule has 6 nitrogen and oxygen atoms in total. The zero-order valence-corrected chi connectivity index (χ0v) is 17.3. The molecule has 1 aromatic heterocycles. The Morgan fingerprint density at radius 3 is 2.54 bits per heavy atom. The van der Waals surface area contributed by atoms with E-state index in [1.54, 1.807) is 48.8 Å². The van der Waals surface area contributed by atoms with Crippen LogP contribution in [0.1, 0.15) is 31.7 Å². The van der Waals surface area contributed by atoms with Gasteiger partial charge in [-0.1, -0.05) is 19.1 Å². The van der Waals surface area contributed by atoms with Crippen LogP contribution in [0.5, 0.6) is 0 Å². The van der Waals surface area contributed by atoms with Crippen molar-refractivity contribution in [3.63, 3.8) is 0 Å². The van der Waals surface area contributed by atoms with Gasteiger partial charge >= 0.3 is 0 Å². The van der Waals surface area contributed by atoms with Crippen molar-refractivity contribution in [1.29, 1.82) is 0 Å². The maximum atomic E-state index is 12.9. The molecule has 0 bridgehead atoms. The van der Waals surface area contributed by atoms with Crippen LogP contribution in [0.3, 0.4) is 0 Å². The maximum Gasteiger partial charge on any atom is 0.193 e. The average Bonchev–Trinajstić information content (AvgIpc) is 2.69. The van der Waals surface area contributed by atoms with Crippen LogP contribution in [0.25, 0.3) is 0 Å². The van der Waals surface area contributed by atoms with E-state index in [9.17, 15) is 8.42 Å². The second-order valence-corrected chi connectivity index (χ2v) is 9.97. The van der Waals surface area contributed by atoms with Crippen LogP contribution in [0.4, 0.5) is 5.69 Å². The Morgan fingerprint density at radius 1 is 1.21 bits per heavy atom. The minimum Gasteiger partial charge on any atom is -0.370 e. The zero-order valence-electron chi connectivity index (χ0n) is 15.8. The van der Waals surface area contributed by atoms with E-state index < -0.39 is 15.1 Å². The SMILES string of the molecule is CC1CCC(S(=O)(=O)c2ccc(CN=C(N)Nc3ccncc3)cc2)CC1Cl. The summed E-state index contributed by atoms with van der Waals surface area (Å²) in [7, 11) is -3.37. The second-order valence-electron chi connectivity index (χ2n) is 7.18. The lowest BCUT2D eigenvalue weighted by atomic mass is 9.90. The van der Waals surface area contributed by atoms with Crippen LogP contribution in [0.2, 0.25) is 0 Å². The summed E-state index contributed by atoms with van der Waals surface area (Å²) in [6.45, 7) is 2.43. The van der Waals surface area contributed by atoms with Crippen LogP contribution in [0, 0.1) is 5.92 Å². The predicted molar refractivity (Wildman–Crippen MR) is 113 cm³/mol. The Balaban J connectivity index is 1.63. The fourth-order valence-corrected chi connectivity index (χ4v) is 5.54. The lowest BCUT2D eigenvalue weighted by molar-refractivity contribution is 0.389. The van der Waals surface area contributed by atoms with Crippen molar-refractivity contribution in [2.75, 3.05) is 5.32 Å². The molecule has 0 radical (unpaired) electrons. The molecule has 0 spiro atoms. The zero-order chi connectivity index (χ0) is 20.1. The summed E-state index contributed by atoms with van der Waals surface area (Å²) in [5.74, 6) is 0.645. The number of nitrogens with two attached hydrogens (primary N) is 1. The maximum absolute atomic E-state index is 12.9. The third-order valence-electron chi connectivity index (χ3n) is 5.12. The molecule has 1 aliphatic rings. The highest BCUT2D eigenvalue weighted by Gasteiger charge is 2.35. The van der Waals surface area contributed by atoms with Crippen LogP contribution in [-0.4, -0.2) is 30.0 Å². The molecule has 3 N–H and O–H groups in total. The molecule has 1 aliphatic carbocycles. The van der Waals surface area contributed by atoms with Gasteiger partial charge in [0.15, 0.2) is 15.8 Å². The van der Waals surface area contributed by atoms with E-state index >= 15 is 0 Å². The van der Waals surface area contributed by atoms with Gasteiger partial charge in [0, 0.05) is 23.5 Å². The Hall–Kier alpha value is -2.12. The van der Waals surface area contributed by atoms with Crippen molar-refractivity contribution in [3.05, 3.63) is 54.4 Å². The summed E-state index contributed by atoms with van der Waals surface area (Å²) < 4.78 is 25.8. The number of benzene rings is 1. The van der Waals surface area contributed by atoms with Crippen molar-refractivity contribution in [2.24, 2.45) is 16.6 Å². The van der Waals surface area contributed by atoms with Crippen LogP contribution < -0.4 is 11.1 Å². The summed E-state index contributed by atoms with van der Waals surface area (Å²) >= 11 is 6.31. The summed E-state index contributed by atoms with van der Waals surface area (Å²) in [6.07, 6.45) is 5.33. The first-order valence-electron chi connectivity index (χ1n) is 9.30. The number of hydrogen-bond donors (Lipinski definition) is 2. The van der Waals surface area contributed by atoms with Crippen LogP contribution >= 0.6 is 11.6 Å². The number of pyridine rings is 1. The molecule has 0 aliphatic heterocycles. The third-order valence-corrected chi connectivity index (χ3v) is 7.97. The van der Waals surface area contributed by atoms with Gasteiger partial charge in [-0.2, -0.15) is 0 Å². The largest absolute Gasteiger partial charge is 0.370 e. The summed E-state index contributed by atoms with van der Waals surface area (Å²) in [6, 6.07) is 10.4. The smallest absolute Gasteiger partial charge is 0.193 e. The Labute approximate surface area is 171 Å². The monoisotopic (exact) mass is 420 g/mol. The van der Waals surface area contributed by atoms with E-state index in [0.717, 1.165) is 17.7 Å². The molecule has 2 aromatic rings. The van der Waals surface area contributed by atoms with E-state index in [1.807, 2.05) is 0 Å². The van der Waals surface area contributed by atoms with Crippen molar-refractivity contribution in [1.82, 2.24) is 4.98 Å². The van der Waals surface area contributed by atoms with Gasteiger partial charge in [0.1, 0.15) is 0 Å². The van der Waals surface area contributed by atoms with Crippen LogP contribution in [-0.2, 0) is 16.4 Å². The number of alkyl halides is 1. The molecule has 1 heterocycles. The average molecular weight is 421 g/mol. The molecule has 3 rings (SSSR count). The van der Waals surface area contributed by atoms with Crippen molar-refractivity contribution in [2.45, 2.75) is 48.3 Å². The lowest BCUT2D eigenvalue weighted by Crippen LogP contribution is -2.32. The number of aliphatic imine (C=N–C) groups is 1. The highest BCUT2D eigenvalue weighted by Crippen LogP contribution is 2.34. The Bertz CT molecular complexity index is 917. The first-order chi connectivity index (χ1) is 13.4. The summed E-state index contributed by atoms with van der Waals surface area (Å²) in [4.78, 5) is 8.56. The summed E-state index contributed by atoms with van der Waals surface area (Å²) in [5.41, 5.74) is 7.57. The summed E-state index contributed by atoms with van der Waals surface area (Å²) in [5, 5.41) is 2.49. The number of halogens is 1. The first-order valence-corrected chi connectivity index (χ1v) is 11.3. The minimum absolute atomic E-state index is 0.0852. The van der Waals surface area contributed by atoms with E-state index in [2.05, 4.69) is 22.2 Å². The van der Waals surface area contributed by atoms with E-state index in [1.165, 1.54) is 0 Å². The number of rotatable bonds is 5. The predicted octanol–water partition coefficient (Wildman–Crippen LogP) is 3.58. The number of guanidine groups is 1. The fraction of sp³-hybridized carbons (Fsp3) is 0.400. The molecule has 1 aromatic carbocycles. The van der Waals surface area contributed by atoms with Crippen molar-refractivity contribution >= 4 is 33.1 Å². The van der Waals surface area contributed by atoms with E-state index in [-0.39, 0.29) is 11.3 Å². The normalized spacial score (nSPS) is 23.4. The molecule has 1 fully saturated rings. The van der Waals surface area contributed by atoms with E-state index in [4.69, 9.17) is 17.3 Å². The molecule has 8 heteroatoms. The van der Waals surface area contributed by atoms with E-state index in [0.29, 0.717) is 30.2 Å². The Kier molecular flexibility index (Phi) is 6.57. The number of hydrogen-bond acceptors (Lipinski definition) is 4. The van der Waals surface area contributed by atoms with Gasteiger partial charge in [-0.05, 0) is 55.0 Å². The van der Waals surface area contributed by atoms with Gasteiger partial charge in [0.2, 0.25) is 0 Å². The van der Waals surface area contributed by atoms with Gasteiger partial charge in [0.25, 0.3) is 0 Å². The molecule has 3 unspecified atom stereocenters. The molecule has 3 atom stereocenters. The minimum atomic E-state index is -3.37. The number of nitrogens with zero attached hydrogens (tertiary/aromatic N) is 2.